The summed E-state index contributed by atoms with van der Waals surface area (Å²) in [5, 5.41) is 9.57. The van der Waals surface area contributed by atoms with E-state index in [1.807, 2.05) is 0 Å². The number of aliphatic hydroxyl groups is 1. The van der Waals surface area contributed by atoms with Crippen LogP contribution in [0.25, 0.3) is 0 Å². The number of esters is 1. The molecule has 1 atom stereocenters. The number of hydrogen-bond donors (Lipinski definition) is 1. The lowest BCUT2D eigenvalue weighted by atomic mass is 9.75. The van der Waals surface area contributed by atoms with E-state index in [4.69, 9.17) is 0 Å². The molecule has 1 aliphatic rings. The van der Waals surface area contributed by atoms with E-state index in [1.54, 1.807) is 0 Å². The minimum atomic E-state index is -0.925. The van der Waals surface area contributed by atoms with Gasteiger partial charge in [0.05, 0.1) is 7.11 Å². The molecule has 1 aliphatic carbocycles. The maximum Gasteiger partial charge on any atom is 0.334 e. The molecule has 0 aromatic carbocycles. The zero-order valence-corrected chi connectivity index (χ0v) is 10.6. The average Bonchev–Trinajstić information content (AvgIpc) is 2.28. The smallest absolute Gasteiger partial charge is 0.334 e. The number of carbonyl (C=O) groups excluding carboxylic acids is 1. The van der Waals surface area contributed by atoms with Crippen LogP contribution in [-0.2, 0) is 9.53 Å². The van der Waals surface area contributed by atoms with Crippen LogP contribution in [0.15, 0.2) is 0 Å². The highest BCUT2D eigenvalue weighted by atomic mass is 16.5. The van der Waals surface area contributed by atoms with Gasteiger partial charge in [-0.15, -0.1) is 0 Å². The summed E-state index contributed by atoms with van der Waals surface area (Å²) in [6.07, 6.45) is 4.38. The Hall–Kier alpha value is -0.570. The average molecular weight is 228 g/mol. The van der Waals surface area contributed by atoms with Crippen LogP contribution in [0, 0.1) is 17.8 Å². The van der Waals surface area contributed by atoms with Gasteiger partial charge in [-0.2, -0.15) is 0 Å². The Bertz CT molecular complexity index is 217. The highest BCUT2D eigenvalue weighted by molar-refractivity contribution is 5.74. The Morgan fingerprint density at radius 3 is 2.31 bits per heavy atom. The second-order valence-electron chi connectivity index (χ2n) is 5.30. The summed E-state index contributed by atoms with van der Waals surface area (Å²) >= 11 is 0. The first-order valence-corrected chi connectivity index (χ1v) is 6.30. The number of aliphatic hydroxyl groups excluding tert-OH is 1. The van der Waals surface area contributed by atoms with Crippen molar-refractivity contribution < 1.29 is 14.6 Å². The molecule has 94 valence electrons. The van der Waals surface area contributed by atoms with E-state index in [-0.39, 0.29) is 0 Å². The lowest BCUT2D eigenvalue weighted by molar-refractivity contribution is -0.151. The van der Waals surface area contributed by atoms with Gasteiger partial charge in [0.25, 0.3) is 0 Å². The number of rotatable bonds is 4. The molecule has 1 N–H and O–H groups in total. The first kappa shape index (κ1) is 13.5. The lowest BCUT2D eigenvalue weighted by Crippen LogP contribution is -2.27. The maximum atomic E-state index is 11.1. The molecule has 3 nitrogen and oxygen atoms in total. The van der Waals surface area contributed by atoms with Crippen LogP contribution >= 0.6 is 0 Å². The van der Waals surface area contributed by atoms with Crippen LogP contribution in [0.4, 0.5) is 0 Å². The highest BCUT2D eigenvalue weighted by Gasteiger charge is 2.27. The van der Waals surface area contributed by atoms with Crippen LogP contribution in [0.1, 0.15) is 46.0 Å². The van der Waals surface area contributed by atoms with Crippen molar-refractivity contribution in [1.29, 1.82) is 0 Å². The van der Waals surface area contributed by atoms with Crippen molar-refractivity contribution in [2.24, 2.45) is 17.8 Å². The lowest BCUT2D eigenvalue weighted by Gasteiger charge is -2.31. The Morgan fingerprint density at radius 1 is 1.31 bits per heavy atom. The fourth-order valence-electron chi connectivity index (χ4n) is 2.64. The molecule has 0 saturated heterocycles. The summed E-state index contributed by atoms with van der Waals surface area (Å²) in [6, 6.07) is 0. The van der Waals surface area contributed by atoms with Gasteiger partial charge < -0.3 is 9.84 Å². The van der Waals surface area contributed by atoms with E-state index < -0.39 is 12.1 Å². The number of hydrogen-bond acceptors (Lipinski definition) is 3. The summed E-state index contributed by atoms with van der Waals surface area (Å²) in [4.78, 5) is 11.1. The standard InChI is InChI=1S/C13H24O3/c1-9(2)11-6-4-10(5-7-11)8-12(14)13(15)16-3/h9-12,14H,4-8H2,1-3H3. The maximum absolute atomic E-state index is 11.1. The zero-order valence-electron chi connectivity index (χ0n) is 10.6. The Labute approximate surface area is 98.2 Å². The van der Waals surface area contributed by atoms with E-state index >= 15 is 0 Å². The van der Waals surface area contributed by atoms with Gasteiger partial charge in [-0.25, -0.2) is 4.79 Å². The van der Waals surface area contributed by atoms with E-state index in [9.17, 15) is 9.90 Å². The van der Waals surface area contributed by atoms with Gasteiger partial charge in [-0.05, 0) is 37.0 Å². The summed E-state index contributed by atoms with van der Waals surface area (Å²) in [6.45, 7) is 4.54. The van der Waals surface area contributed by atoms with Crippen molar-refractivity contribution in [1.82, 2.24) is 0 Å². The quantitative estimate of drug-likeness (QED) is 0.751. The minimum Gasteiger partial charge on any atom is -0.467 e. The third kappa shape index (κ3) is 3.78. The largest absolute Gasteiger partial charge is 0.467 e. The van der Waals surface area contributed by atoms with Crippen molar-refractivity contribution in [3.8, 4) is 0 Å². The molecule has 0 radical (unpaired) electrons. The van der Waals surface area contributed by atoms with Gasteiger partial charge >= 0.3 is 5.97 Å². The molecule has 0 amide bonds. The number of ether oxygens (including phenoxy) is 1. The molecule has 0 heterocycles. The van der Waals surface area contributed by atoms with Crippen molar-refractivity contribution in [3.63, 3.8) is 0 Å². The van der Waals surface area contributed by atoms with E-state index in [1.165, 1.54) is 20.0 Å². The van der Waals surface area contributed by atoms with E-state index in [0.717, 1.165) is 24.7 Å². The molecule has 16 heavy (non-hydrogen) atoms. The highest BCUT2D eigenvalue weighted by Crippen LogP contribution is 2.35. The predicted octanol–water partition coefficient (Wildman–Crippen LogP) is 2.37. The molecular formula is C13H24O3. The molecule has 3 heteroatoms. The Kier molecular flexibility index (Phi) is 5.26. The molecule has 1 rings (SSSR count). The fourth-order valence-corrected chi connectivity index (χ4v) is 2.64. The topological polar surface area (TPSA) is 46.5 Å². The van der Waals surface area contributed by atoms with Gasteiger partial charge in [-0.3, -0.25) is 0 Å². The van der Waals surface area contributed by atoms with Crippen molar-refractivity contribution in [3.05, 3.63) is 0 Å². The zero-order chi connectivity index (χ0) is 12.1. The van der Waals surface area contributed by atoms with Gasteiger partial charge in [0.2, 0.25) is 0 Å². The van der Waals surface area contributed by atoms with Crippen molar-refractivity contribution in [2.75, 3.05) is 7.11 Å². The molecule has 1 fully saturated rings. The predicted molar refractivity (Wildman–Crippen MR) is 62.9 cm³/mol. The first-order chi connectivity index (χ1) is 7.54. The van der Waals surface area contributed by atoms with E-state index in [2.05, 4.69) is 18.6 Å². The normalized spacial score (nSPS) is 27.8. The van der Waals surface area contributed by atoms with Crippen LogP contribution in [0.5, 0.6) is 0 Å². The van der Waals surface area contributed by atoms with Crippen molar-refractivity contribution >= 4 is 5.97 Å². The fraction of sp³-hybridized carbons (Fsp3) is 0.923. The number of methoxy groups -OCH3 is 1. The molecule has 0 bridgehead atoms. The third-order valence-corrected chi connectivity index (χ3v) is 3.86. The second-order valence-corrected chi connectivity index (χ2v) is 5.30. The summed E-state index contributed by atoms with van der Waals surface area (Å²) in [5.74, 6) is 1.58. The molecule has 1 saturated carbocycles. The number of carbonyl (C=O) groups is 1. The minimum absolute atomic E-state index is 0.490. The van der Waals surface area contributed by atoms with Crippen LogP contribution in [0.3, 0.4) is 0 Å². The summed E-state index contributed by atoms with van der Waals surface area (Å²) in [7, 11) is 1.32. The van der Waals surface area contributed by atoms with Gasteiger partial charge in [0, 0.05) is 0 Å². The van der Waals surface area contributed by atoms with Crippen LogP contribution in [-0.4, -0.2) is 24.3 Å². The van der Waals surface area contributed by atoms with Gasteiger partial charge in [-0.1, -0.05) is 26.7 Å². The molecule has 0 aromatic heterocycles. The van der Waals surface area contributed by atoms with Gasteiger partial charge in [0.15, 0.2) is 6.10 Å². The molecule has 0 spiro atoms. The first-order valence-electron chi connectivity index (χ1n) is 6.30. The third-order valence-electron chi connectivity index (χ3n) is 3.86. The molecule has 1 unspecified atom stereocenters. The van der Waals surface area contributed by atoms with Gasteiger partial charge in [0.1, 0.15) is 0 Å². The Balaban J connectivity index is 2.29. The Morgan fingerprint density at radius 2 is 1.88 bits per heavy atom. The van der Waals surface area contributed by atoms with E-state index in [0.29, 0.717) is 12.3 Å². The molecular weight excluding hydrogens is 204 g/mol. The summed E-state index contributed by atoms with van der Waals surface area (Å²) < 4.78 is 4.52. The van der Waals surface area contributed by atoms with Crippen molar-refractivity contribution in [2.45, 2.75) is 52.1 Å². The monoisotopic (exact) mass is 228 g/mol. The molecule has 0 aliphatic heterocycles. The SMILES string of the molecule is COC(=O)C(O)CC1CCC(C(C)C)CC1. The summed E-state index contributed by atoms with van der Waals surface area (Å²) in [5.41, 5.74) is 0. The second kappa shape index (κ2) is 6.24. The van der Waals surface area contributed by atoms with Crippen LogP contribution < -0.4 is 0 Å². The van der Waals surface area contributed by atoms with Crippen LogP contribution in [0.2, 0.25) is 0 Å². The molecule has 0 aromatic rings.